The maximum Gasteiger partial charge on any atom is 0.453 e. The Hall–Kier alpha value is -3.04. The predicted molar refractivity (Wildman–Crippen MR) is 120 cm³/mol. The van der Waals surface area contributed by atoms with Crippen molar-refractivity contribution in [3.8, 4) is 17.2 Å². The van der Waals surface area contributed by atoms with Gasteiger partial charge < -0.3 is 19.0 Å². The minimum Gasteiger partial charge on any atom is -0.507 e. The molecule has 1 aliphatic heterocycles. The highest BCUT2D eigenvalue weighted by atomic mass is 19.4. The van der Waals surface area contributed by atoms with E-state index in [9.17, 15) is 23.1 Å². The summed E-state index contributed by atoms with van der Waals surface area (Å²) < 4.78 is 58.5. The Bertz CT molecular complexity index is 1250. The van der Waals surface area contributed by atoms with E-state index in [1.54, 1.807) is 26.0 Å². The van der Waals surface area contributed by atoms with Crippen LogP contribution in [0.2, 0.25) is 0 Å². The lowest BCUT2D eigenvalue weighted by Crippen LogP contribution is -2.44. The van der Waals surface area contributed by atoms with E-state index in [1.807, 2.05) is 24.8 Å². The molecule has 9 heteroatoms. The first-order chi connectivity index (χ1) is 15.9. The Morgan fingerprint density at radius 3 is 2.29 bits per heavy atom. The van der Waals surface area contributed by atoms with Crippen LogP contribution in [-0.2, 0) is 17.5 Å². The molecule has 0 amide bonds. The number of rotatable bonds is 4. The van der Waals surface area contributed by atoms with Gasteiger partial charge in [-0.2, -0.15) is 13.2 Å². The number of halogens is 3. The lowest BCUT2D eigenvalue weighted by molar-refractivity contribution is -0.154. The Morgan fingerprint density at radius 1 is 1.09 bits per heavy atom. The maximum atomic E-state index is 14.0. The van der Waals surface area contributed by atoms with Crippen LogP contribution in [0.15, 0.2) is 39.5 Å². The van der Waals surface area contributed by atoms with E-state index in [4.69, 9.17) is 13.9 Å². The molecule has 4 rings (SSSR count). The second kappa shape index (κ2) is 8.96. The molecule has 1 N–H and O–H groups in total. The van der Waals surface area contributed by atoms with Gasteiger partial charge >= 0.3 is 6.18 Å². The zero-order chi connectivity index (χ0) is 24.8. The minimum atomic E-state index is -4.99. The van der Waals surface area contributed by atoms with Crippen LogP contribution >= 0.6 is 0 Å². The van der Waals surface area contributed by atoms with Gasteiger partial charge in [0.05, 0.1) is 23.2 Å². The smallest absolute Gasteiger partial charge is 0.453 e. The molecule has 2 aromatic carbocycles. The number of aryl methyl sites for hydroxylation is 2. The van der Waals surface area contributed by atoms with Gasteiger partial charge in [0.25, 0.3) is 5.76 Å². The van der Waals surface area contributed by atoms with Gasteiger partial charge in [-0.1, -0.05) is 6.07 Å². The van der Waals surface area contributed by atoms with Gasteiger partial charge in [0.1, 0.15) is 17.1 Å². The van der Waals surface area contributed by atoms with Crippen LogP contribution in [0.4, 0.5) is 13.2 Å². The Labute approximate surface area is 194 Å². The SMILES string of the molecule is Cc1cc(C)cc(Oc2c(C(F)(F)F)oc3c(CN4C[C@@H](C)O[C@@H](C)C4)c(O)ccc3c2=O)c1. The quantitative estimate of drug-likeness (QED) is 0.532. The van der Waals surface area contributed by atoms with Crippen LogP contribution in [0.5, 0.6) is 17.2 Å². The fraction of sp³-hybridized carbons (Fsp3) is 0.400. The molecule has 0 radical (unpaired) electrons. The molecule has 34 heavy (non-hydrogen) atoms. The van der Waals surface area contributed by atoms with Gasteiger partial charge in [-0.05, 0) is 63.1 Å². The number of phenols is 1. The minimum absolute atomic E-state index is 0.0867. The number of fused-ring (bicyclic) bond motifs is 1. The molecule has 0 bridgehead atoms. The molecule has 1 aliphatic rings. The summed E-state index contributed by atoms with van der Waals surface area (Å²) in [5.74, 6) is -2.63. The summed E-state index contributed by atoms with van der Waals surface area (Å²) in [5, 5.41) is 10.4. The third-order valence-electron chi connectivity index (χ3n) is 5.65. The fourth-order valence-electron chi connectivity index (χ4n) is 4.47. The molecule has 1 saturated heterocycles. The van der Waals surface area contributed by atoms with Crippen molar-refractivity contribution in [2.24, 2.45) is 0 Å². The summed E-state index contributed by atoms with van der Waals surface area (Å²) in [7, 11) is 0. The molecule has 182 valence electrons. The molecule has 1 aromatic heterocycles. The lowest BCUT2D eigenvalue weighted by atomic mass is 10.1. The van der Waals surface area contributed by atoms with E-state index in [0.717, 1.165) is 11.1 Å². The van der Waals surface area contributed by atoms with E-state index in [1.165, 1.54) is 12.1 Å². The highest BCUT2D eigenvalue weighted by Crippen LogP contribution is 2.40. The van der Waals surface area contributed by atoms with Crippen molar-refractivity contribution in [1.82, 2.24) is 4.90 Å². The number of hydrogen-bond donors (Lipinski definition) is 1. The topological polar surface area (TPSA) is 72.1 Å². The molecule has 3 aromatic rings. The molecule has 0 spiro atoms. The first-order valence-corrected chi connectivity index (χ1v) is 10.9. The number of aromatic hydroxyl groups is 1. The normalized spacial score (nSPS) is 19.5. The first kappa shape index (κ1) is 24.1. The third kappa shape index (κ3) is 4.90. The summed E-state index contributed by atoms with van der Waals surface area (Å²) in [6.45, 7) is 8.47. The number of nitrogens with zero attached hydrogens (tertiary/aromatic N) is 1. The van der Waals surface area contributed by atoms with Gasteiger partial charge in [-0.3, -0.25) is 9.69 Å². The van der Waals surface area contributed by atoms with E-state index in [0.29, 0.717) is 13.1 Å². The van der Waals surface area contributed by atoms with Crippen molar-refractivity contribution in [2.75, 3.05) is 13.1 Å². The Morgan fingerprint density at radius 2 is 1.71 bits per heavy atom. The van der Waals surface area contributed by atoms with Gasteiger partial charge in [-0.15, -0.1) is 0 Å². The average Bonchev–Trinajstić information content (AvgIpc) is 2.69. The fourth-order valence-corrected chi connectivity index (χ4v) is 4.47. The van der Waals surface area contributed by atoms with Crippen molar-refractivity contribution in [2.45, 2.75) is 52.6 Å². The monoisotopic (exact) mass is 477 g/mol. The van der Waals surface area contributed by atoms with Crippen LogP contribution < -0.4 is 10.2 Å². The second-order valence-corrected chi connectivity index (χ2v) is 8.90. The maximum absolute atomic E-state index is 14.0. The summed E-state index contributed by atoms with van der Waals surface area (Å²) in [5.41, 5.74) is 0.388. The summed E-state index contributed by atoms with van der Waals surface area (Å²) >= 11 is 0. The number of hydrogen-bond acceptors (Lipinski definition) is 6. The van der Waals surface area contributed by atoms with Crippen molar-refractivity contribution >= 4 is 11.0 Å². The average molecular weight is 477 g/mol. The van der Waals surface area contributed by atoms with E-state index < -0.39 is 23.1 Å². The largest absolute Gasteiger partial charge is 0.507 e. The molecule has 1 fully saturated rings. The Kier molecular flexibility index (Phi) is 6.35. The summed E-state index contributed by atoms with van der Waals surface area (Å²) in [6, 6.07) is 7.46. The van der Waals surface area contributed by atoms with Crippen LogP contribution in [0.1, 0.15) is 36.3 Å². The highest BCUT2D eigenvalue weighted by Gasteiger charge is 2.41. The zero-order valence-corrected chi connectivity index (χ0v) is 19.3. The van der Waals surface area contributed by atoms with Gasteiger partial charge in [-0.25, -0.2) is 0 Å². The van der Waals surface area contributed by atoms with Crippen molar-refractivity contribution < 1.29 is 32.2 Å². The van der Waals surface area contributed by atoms with Crippen molar-refractivity contribution in [1.29, 1.82) is 0 Å². The van der Waals surface area contributed by atoms with Gasteiger partial charge in [0.15, 0.2) is 0 Å². The van der Waals surface area contributed by atoms with Crippen molar-refractivity contribution in [3.63, 3.8) is 0 Å². The second-order valence-electron chi connectivity index (χ2n) is 8.90. The molecular weight excluding hydrogens is 451 g/mol. The number of morpholine rings is 1. The molecule has 0 saturated carbocycles. The number of alkyl halides is 3. The number of benzene rings is 2. The van der Waals surface area contributed by atoms with Crippen LogP contribution in [-0.4, -0.2) is 35.3 Å². The molecule has 2 atom stereocenters. The third-order valence-corrected chi connectivity index (χ3v) is 5.65. The predicted octanol–water partition coefficient (Wildman–Crippen LogP) is 5.54. The van der Waals surface area contributed by atoms with Gasteiger partial charge in [0.2, 0.25) is 11.2 Å². The number of phenolic OH excluding ortho intramolecular Hbond substituents is 1. The molecule has 2 heterocycles. The van der Waals surface area contributed by atoms with Crippen LogP contribution in [0.3, 0.4) is 0 Å². The zero-order valence-electron chi connectivity index (χ0n) is 19.3. The van der Waals surface area contributed by atoms with E-state index >= 15 is 0 Å². The summed E-state index contributed by atoms with van der Waals surface area (Å²) in [6.07, 6.45) is -5.17. The lowest BCUT2D eigenvalue weighted by Gasteiger charge is -2.35. The molecule has 0 aliphatic carbocycles. The van der Waals surface area contributed by atoms with E-state index in [-0.39, 0.29) is 46.8 Å². The molecular formula is C25H26F3NO5. The highest BCUT2D eigenvalue weighted by molar-refractivity contribution is 5.83. The number of ether oxygens (including phenoxy) is 2. The van der Waals surface area contributed by atoms with Gasteiger partial charge in [0, 0.05) is 19.6 Å². The van der Waals surface area contributed by atoms with Crippen molar-refractivity contribution in [3.05, 3.63) is 63.0 Å². The van der Waals surface area contributed by atoms with Crippen LogP contribution in [0, 0.1) is 13.8 Å². The Balaban J connectivity index is 1.86. The molecule has 6 nitrogen and oxygen atoms in total. The molecule has 0 unspecified atom stereocenters. The standard InChI is InChI=1S/C25H26F3NO5/c1-13-7-14(2)9-17(8-13)33-23-21(31)18-5-6-20(30)19(22(18)34-24(23)25(26,27)28)12-29-10-15(3)32-16(4)11-29/h5-9,15-16,30H,10-12H2,1-4H3/t15-,16+. The summed E-state index contributed by atoms with van der Waals surface area (Å²) in [4.78, 5) is 15.2. The first-order valence-electron chi connectivity index (χ1n) is 10.9. The van der Waals surface area contributed by atoms with Crippen LogP contribution in [0.25, 0.3) is 11.0 Å². The van der Waals surface area contributed by atoms with E-state index in [2.05, 4.69) is 0 Å².